The second kappa shape index (κ2) is 11.8. The number of nitrogens with one attached hydrogen (secondary N) is 2. The summed E-state index contributed by atoms with van der Waals surface area (Å²) in [6.07, 6.45) is 5.94. The predicted molar refractivity (Wildman–Crippen MR) is 137 cm³/mol. The van der Waals surface area contributed by atoms with Crippen molar-refractivity contribution in [2.45, 2.75) is 32.1 Å². The highest BCUT2D eigenvalue weighted by atomic mass is 16.1. The molecule has 1 aliphatic rings. The van der Waals surface area contributed by atoms with Crippen LogP contribution in [0.15, 0.2) is 54.6 Å². The smallest absolute Gasteiger partial charge is 0.251 e. The lowest BCUT2D eigenvalue weighted by Gasteiger charge is -2.26. The number of nitrogens with zero attached hydrogens (tertiary/aromatic N) is 2. The normalized spacial score (nSPS) is 14.3. The van der Waals surface area contributed by atoms with Crippen molar-refractivity contribution in [2.75, 3.05) is 44.6 Å². The first-order chi connectivity index (χ1) is 16.2. The van der Waals surface area contributed by atoms with E-state index in [0.29, 0.717) is 18.7 Å². The number of amides is 1. The number of hydrogen-bond acceptors (Lipinski definition) is 5. The molecule has 6 nitrogen and oxygen atoms in total. The number of aromatic nitrogens is 1. The standard InChI is InChI=1S/C27H35N5O/c28-14-6-15-30-27(33)22-12-10-21(11-13-22)25-20-26(23-8-2-3-9-24(23)31-25)29-16-7-19-32-17-4-1-5-18-32/h2-3,8-13,20H,1,4-7,14-19,28H2,(H,29,31)(H,30,33). The van der Waals surface area contributed by atoms with E-state index in [0.717, 1.165) is 53.8 Å². The van der Waals surface area contributed by atoms with Crippen LogP contribution in [0.3, 0.4) is 0 Å². The van der Waals surface area contributed by atoms with E-state index in [1.807, 2.05) is 30.3 Å². The van der Waals surface area contributed by atoms with Crippen molar-refractivity contribution in [1.82, 2.24) is 15.2 Å². The molecule has 0 aliphatic carbocycles. The van der Waals surface area contributed by atoms with E-state index >= 15 is 0 Å². The molecule has 0 spiro atoms. The van der Waals surface area contributed by atoms with Crippen LogP contribution < -0.4 is 16.4 Å². The van der Waals surface area contributed by atoms with E-state index in [-0.39, 0.29) is 5.91 Å². The summed E-state index contributed by atoms with van der Waals surface area (Å²) in [5.41, 5.74) is 10.1. The maximum atomic E-state index is 12.3. The number of carbonyl (C=O) groups is 1. The molecule has 1 saturated heterocycles. The molecule has 6 heteroatoms. The zero-order valence-corrected chi connectivity index (χ0v) is 19.4. The van der Waals surface area contributed by atoms with Gasteiger partial charge in [-0.05, 0) is 76.1 Å². The number of piperidine rings is 1. The average molecular weight is 446 g/mol. The fourth-order valence-corrected chi connectivity index (χ4v) is 4.38. The van der Waals surface area contributed by atoms with Gasteiger partial charge in [-0.3, -0.25) is 4.79 Å². The van der Waals surface area contributed by atoms with Gasteiger partial charge in [0.15, 0.2) is 0 Å². The highest BCUT2D eigenvalue weighted by molar-refractivity contribution is 5.96. The maximum Gasteiger partial charge on any atom is 0.251 e. The number of para-hydroxylation sites is 1. The highest BCUT2D eigenvalue weighted by Gasteiger charge is 2.11. The van der Waals surface area contributed by atoms with E-state index in [1.165, 1.54) is 32.4 Å². The third-order valence-corrected chi connectivity index (χ3v) is 6.24. The SMILES string of the molecule is NCCCNC(=O)c1ccc(-c2cc(NCCCN3CCCCC3)c3ccccc3n2)cc1. The first-order valence-corrected chi connectivity index (χ1v) is 12.2. The summed E-state index contributed by atoms with van der Waals surface area (Å²) in [4.78, 5) is 19.7. The first-order valence-electron chi connectivity index (χ1n) is 12.2. The monoisotopic (exact) mass is 445 g/mol. The summed E-state index contributed by atoms with van der Waals surface area (Å²) in [7, 11) is 0. The van der Waals surface area contributed by atoms with Gasteiger partial charge in [0.1, 0.15) is 0 Å². The molecule has 2 aromatic carbocycles. The van der Waals surface area contributed by atoms with Crippen molar-refractivity contribution in [2.24, 2.45) is 5.73 Å². The van der Waals surface area contributed by atoms with Crippen LogP contribution in [0, 0.1) is 0 Å². The van der Waals surface area contributed by atoms with Gasteiger partial charge < -0.3 is 21.3 Å². The molecule has 174 valence electrons. The summed E-state index contributed by atoms with van der Waals surface area (Å²) in [6.45, 7) is 5.73. The molecule has 1 amide bonds. The fraction of sp³-hybridized carbons (Fsp3) is 0.407. The number of hydrogen-bond donors (Lipinski definition) is 3. The predicted octanol–water partition coefficient (Wildman–Crippen LogP) is 4.27. The third-order valence-electron chi connectivity index (χ3n) is 6.24. The second-order valence-electron chi connectivity index (χ2n) is 8.73. The van der Waals surface area contributed by atoms with Gasteiger partial charge in [-0.25, -0.2) is 4.98 Å². The van der Waals surface area contributed by atoms with Crippen molar-refractivity contribution < 1.29 is 4.79 Å². The Kier molecular flexibility index (Phi) is 8.28. The Bertz CT molecular complexity index is 1040. The Balaban J connectivity index is 1.46. The van der Waals surface area contributed by atoms with Gasteiger partial charge in [-0.1, -0.05) is 36.8 Å². The van der Waals surface area contributed by atoms with Crippen LogP contribution >= 0.6 is 0 Å². The molecule has 1 fully saturated rings. The number of anilines is 1. The van der Waals surface area contributed by atoms with Crippen molar-refractivity contribution >= 4 is 22.5 Å². The Hall–Kier alpha value is -2.96. The number of carbonyl (C=O) groups excluding carboxylic acids is 1. The molecule has 0 radical (unpaired) electrons. The van der Waals surface area contributed by atoms with Gasteiger partial charge in [0, 0.05) is 35.3 Å². The summed E-state index contributed by atoms with van der Waals surface area (Å²) >= 11 is 0. The molecule has 2 heterocycles. The van der Waals surface area contributed by atoms with Crippen molar-refractivity contribution in [1.29, 1.82) is 0 Å². The van der Waals surface area contributed by atoms with E-state index in [4.69, 9.17) is 10.7 Å². The molecule has 4 rings (SSSR count). The van der Waals surface area contributed by atoms with Crippen LogP contribution in [-0.4, -0.2) is 55.1 Å². The van der Waals surface area contributed by atoms with Crippen LogP contribution in [0.1, 0.15) is 42.5 Å². The minimum Gasteiger partial charge on any atom is -0.384 e. The van der Waals surface area contributed by atoms with Crippen LogP contribution in [-0.2, 0) is 0 Å². The van der Waals surface area contributed by atoms with Gasteiger partial charge in [-0.2, -0.15) is 0 Å². The van der Waals surface area contributed by atoms with Crippen LogP contribution in [0.25, 0.3) is 22.2 Å². The molecule has 1 aromatic heterocycles. The van der Waals surface area contributed by atoms with Crippen molar-refractivity contribution in [3.05, 3.63) is 60.2 Å². The summed E-state index contributed by atoms with van der Waals surface area (Å²) in [5, 5.41) is 7.69. The number of rotatable bonds is 10. The Morgan fingerprint density at radius 1 is 0.970 bits per heavy atom. The maximum absolute atomic E-state index is 12.3. The molecule has 0 saturated carbocycles. The minimum absolute atomic E-state index is 0.0717. The molecule has 1 aliphatic heterocycles. The molecule has 3 aromatic rings. The van der Waals surface area contributed by atoms with E-state index < -0.39 is 0 Å². The lowest BCUT2D eigenvalue weighted by atomic mass is 10.1. The van der Waals surface area contributed by atoms with Crippen molar-refractivity contribution in [3.8, 4) is 11.3 Å². The molecule has 0 bridgehead atoms. The van der Waals surface area contributed by atoms with Gasteiger partial charge >= 0.3 is 0 Å². The van der Waals surface area contributed by atoms with Gasteiger partial charge in [0.05, 0.1) is 11.2 Å². The second-order valence-corrected chi connectivity index (χ2v) is 8.73. The number of fused-ring (bicyclic) bond motifs is 1. The largest absolute Gasteiger partial charge is 0.384 e. The molecular weight excluding hydrogens is 410 g/mol. The minimum atomic E-state index is -0.0717. The zero-order chi connectivity index (χ0) is 22.9. The summed E-state index contributed by atoms with van der Waals surface area (Å²) < 4.78 is 0. The van der Waals surface area contributed by atoms with Crippen LogP contribution in [0.5, 0.6) is 0 Å². The van der Waals surface area contributed by atoms with Gasteiger partial charge in [-0.15, -0.1) is 0 Å². The van der Waals surface area contributed by atoms with Crippen molar-refractivity contribution in [3.63, 3.8) is 0 Å². The molecule has 0 atom stereocenters. The van der Waals surface area contributed by atoms with E-state index in [2.05, 4.69) is 39.8 Å². The topological polar surface area (TPSA) is 83.3 Å². The van der Waals surface area contributed by atoms with Gasteiger partial charge in [0.2, 0.25) is 0 Å². The lowest BCUT2D eigenvalue weighted by molar-refractivity contribution is 0.0953. The van der Waals surface area contributed by atoms with Crippen LogP contribution in [0.2, 0.25) is 0 Å². The van der Waals surface area contributed by atoms with Gasteiger partial charge in [0.25, 0.3) is 5.91 Å². The Labute approximate surface area is 196 Å². The van der Waals surface area contributed by atoms with E-state index in [9.17, 15) is 4.79 Å². The van der Waals surface area contributed by atoms with E-state index in [1.54, 1.807) is 0 Å². The molecule has 33 heavy (non-hydrogen) atoms. The summed E-state index contributed by atoms with van der Waals surface area (Å²) in [6, 6.07) is 18.0. The Morgan fingerprint density at radius 2 is 1.76 bits per heavy atom. The molecule has 0 unspecified atom stereocenters. The number of pyridine rings is 1. The zero-order valence-electron chi connectivity index (χ0n) is 19.4. The number of nitrogens with two attached hydrogens (primary N) is 1. The lowest BCUT2D eigenvalue weighted by Crippen LogP contribution is -2.31. The average Bonchev–Trinajstić information content (AvgIpc) is 2.87. The Morgan fingerprint density at radius 3 is 2.55 bits per heavy atom. The molecular formula is C27H35N5O. The number of likely N-dealkylation sites (tertiary alicyclic amines) is 1. The third kappa shape index (κ3) is 6.30. The quantitative estimate of drug-likeness (QED) is 0.406. The highest BCUT2D eigenvalue weighted by Crippen LogP contribution is 2.28. The summed E-state index contributed by atoms with van der Waals surface area (Å²) in [5.74, 6) is -0.0717. The fourth-order valence-electron chi connectivity index (χ4n) is 4.38. The first kappa shape index (κ1) is 23.2. The molecule has 4 N–H and O–H groups in total. The van der Waals surface area contributed by atoms with Crippen LogP contribution in [0.4, 0.5) is 5.69 Å². The number of benzene rings is 2.